The Labute approximate surface area is 164 Å². The molecule has 1 aliphatic rings. The average molecular weight is 389 g/mol. The van der Waals surface area contributed by atoms with E-state index < -0.39 is 0 Å². The second-order valence-electron chi connectivity index (χ2n) is 6.85. The Balaban J connectivity index is 1.77. The van der Waals surface area contributed by atoms with Crippen LogP contribution in [-0.4, -0.2) is 35.3 Å². The van der Waals surface area contributed by atoms with Gasteiger partial charge in [0.05, 0.1) is 11.6 Å². The number of unbranched alkanes of at least 4 members (excludes halogenated alkanes) is 1. The van der Waals surface area contributed by atoms with Gasteiger partial charge in [-0.25, -0.2) is 0 Å². The van der Waals surface area contributed by atoms with Crippen molar-refractivity contribution in [2.24, 2.45) is 5.92 Å². The predicted molar refractivity (Wildman–Crippen MR) is 108 cm³/mol. The van der Waals surface area contributed by atoms with Gasteiger partial charge in [-0.15, -0.1) is 5.10 Å². The maximum atomic E-state index is 12.4. The largest absolute Gasteiger partial charge is 0.356 e. The van der Waals surface area contributed by atoms with Crippen LogP contribution in [0.3, 0.4) is 0 Å². The summed E-state index contributed by atoms with van der Waals surface area (Å²) in [6.07, 6.45) is 3.85. The monoisotopic (exact) mass is 388 g/mol. The maximum absolute atomic E-state index is 12.4. The minimum atomic E-state index is -0.216. The van der Waals surface area contributed by atoms with Crippen LogP contribution in [0.2, 0.25) is 5.02 Å². The first-order chi connectivity index (χ1) is 13.1. The number of hydrogen-bond acceptors (Lipinski definition) is 4. The van der Waals surface area contributed by atoms with Crippen LogP contribution >= 0.6 is 11.6 Å². The fourth-order valence-electron chi connectivity index (χ4n) is 3.29. The Morgan fingerprint density at radius 3 is 2.96 bits per heavy atom. The Kier molecular flexibility index (Phi) is 6.50. The van der Waals surface area contributed by atoms with E-state index >= 15 is 0 Å². The summed E-state index contributed by atoms with van der Waals surface area (Å²) in [5.74, 6) is 0.751. The first-order valence-corrected chi connectivity index (χ1v) is 9.85. The second kappa shape index (κ2) is 9.04. The molecular formula is C20H25ClN4O2. The summed E-state index contributed by atoms with van der Waals surface area (Å²) in [6, 6.07) is 10.3. The van der Waals surface area contributed by atoms with Crippen molar-refractivity contribution in [3.05, 3.63) is 51.8 Å². The second-order valence-corrected chi connectivity index (χ2v) is 7.29. The molecule has 7 heteroatoms. The van der Waals surface area contributed by atoms with Crippen LogP contribution in [0.25, 0.3) is 5.69 Å². The van der Waals surface area contributed by atoms with E-state index in [0.717, 1.165) is 38.8 Å². The van der Waals surface area contributed by atoms with Crippen LogP contribution in [0.15, 0.2) is 41.2 Å². The smallest absolute Gasteiger partial charge is 0.271 e. The summed E-state index contributed by atoms with van der Waals surface area (Å²) in [6.45, 7) is 4.26. The number of nitrogens with one attached hydrogen (secondary N) is 1. The molecule has 0 spiro atoms. The van der Waals surface area contributed by atoms with Crippen molar-refractivity contribution in [2.45, 2.75) is 32.6 Å². The molecule has 1 aliphatic heterocycles. The highest BCUT2D eigenvalue weighted by Gasteiger charge is 2.26. The normalized spacial score (nSPS) is 17.0. The van der Waals surface area contributed by atoms with Gasteiger partial charge in [-0.05, 0) is 43.5 Å². The Morgan fingerprint density at radius 1 is 1.33 bits per heavy atom. The molecule has 1 fully saturated rings. The highest BCUT2D eigenvalue weighted by Crippen LogP contribution is 2.22. The number of carbonyl (C=O) groups excluding carboxylic acids is 1. The fraction of sp³-hybridized carbons (Fsp3) is 0.450. The topological polar surface area (TPSA) is 67.2 Å². The molecule has 0 bridgehead atoms. The molecule has 1 aromatic carbocycles. The van der Waals surface area contributed by atoms with Gasteiger partial charge in [-0.3, -0.25) is 9.59 Å². The third kappa shape index (κ3) is 4.89. The van der Waals surface area contributed by atoms with Gasteiger partial charge in [-0.2, -0.15) is 4.68 Å². The lowest BCUT2D eigenvalue weighted by Gasteiger charge is -2.32. The minimum Gasteiger partial charge on any atom is -0.356 e. The van der Waals surface area contributed by atoms with E-state index in [1.165, 1.54) is 10.7 Å². The maximum Gasteiger partial charge on any atom is 0.271 e. The summed E-state index contributed by atoms with van der Waals surface area (Å²) < 4.78 is 1.35. The van der Waals surface area contributed by atoms with Gasteiger partial charge in [0.1, 0.15) is 5.82 Å². The molecule has 1 aromatic heterocycles. The van der Waals surface area contributed by atoms with Crippen molar-refractivity contribution in [1.82, 2.24) is 15.1 Å². The van der Waals surface area contributed by atoms with Crippen molar-refractivity contribution in [3.8, 4) is 5.69 Å². The molecule has 1 N–H and O–H groups in total. The SMILES string of the molecule is CCCCNC(=O)[C@H]1CCCN(c2ccc(=O)n(-c3cccc(Cl)c3)n2)C1. The van der Waals surface area contributed by atoms with Crippen LogP contribution in [0.4, 0.5) is 5.82 Å². The highest BCUT2D eigenvalue weighted by atomic mass is 35.5. The summed E-state index contributed by atoms with van der Waals surface area (Å²) in [7, 11) is 0. The van der Waals surface area contributed by atoms with Crippen molar-refractivity contribution in [3.63, 3.8) is 0 Å². The standard InChI is InChI=1S/C20H25ClN4O2/c1-2-3-11-22-20(27)15-6-5-12-24(14-15)18-9-10-19(26)25(23-18)17-8-4-7-16(21)13-17/h4,7-10,13,15H,2-3,5-6,11-12,14H2,1H3,(H,22,27)/t15-/m0/s1. The van der Waals surface area contributed by atoms with Crippen LogP contribution in [0, 0.1) is 5.92 Å². The molecule has 3 rings (SSSR count). The van der Waals surface area contributed by atoms with E-state index in [1.54, 1.807) is 30.3 Å². The molecule has 1 saturated heterocycles. The number of benzene rings is 1. The number of amides is 1. The molecule has 0 radical (unpaired) electrons. The number of carbonyl (C=O) groups is 1. The van der Waals surface area contributed by atoms with Crippen LogP contribution in [0.5, 0.6) is 0 Å². The molecule has 6 nitrogen and oxygen atoms in total. The number of piperidine rings is 1. The fourth-order valence-corrected chi connectivity index (χ4v) is 3.48. The first-order valence-electron chi connectivity index (χ1n) is 9.47. The van der Waals surface area contributed by atoms with Crippen LogP contribution in [0.1, 0.15) is 32.6 Å². The first kappa shape index (κ1) is 19.4. The molecule has 2 aromatic rings. The van der Waals surface area contributed by atoms with Gasteiger partial charge in [0.25, 0.3) is 5.56 Å². The van der Waals surface area contributed by atoms with Crippen molar-refractivity contribution < 1.29 is 4.79 Å². The molecule has 1 amide bonds. The van der Waals surface area contributed by atoms with Gasteiger partial charge in [0, 0.05) is 30.7 Å². The van der Waals surface area contributed by atoms with E-state index in [4.69, 9.17) is 11.6 Å². The van der Waals surface area contributed by atoms with Crippen LogP contribution < -0.4 is 15.8 Å². The molecule has 27 heavy (non-hydrogen) atoms. The van der Waals surface area contributed by atoms with Crippen molar-refractivity contribution in [1.29, 1.82) is 0 Å². The predicted octanol–water partition coefficient (Wildman–Crippen LogP) is 3.02. The van der Waals surface area contributed by atoms with E-state index in [9.17, 15) is 9.59 Å². The van der Waals surface area contributed by atoms with Gasteiger partial charge in [0.15, 0.2) is 0 Å². The zero-order valence-electron chi connectivity index (χ0n) is 15.5. The van der Waals surface area contributed by atoms with Gasteiger partial charge < -0.3 is 10.2 Å². The van der Waals surface area contributed by atoms with E-state index in [0.29, 0.717) is 23.1 Å². The number of halogens is 1. The van der Waals surface area contributed by atoms with E-state index in [1.807, 2.05) is 0 Å². The lowest BCUT2D eigenvalue weighted by molar-refractivity contribution is -0.125. The Bertz CT molecular complexity index is 852. The number of anilines is 1. The molecule has 2 heterocycles. The van der Waals surface area contributed by atoms with Crippen molar-refractivity contribution in [2.75, 3.05) is 24.5 Å². The molecule has 0 aliphatic carbocycles. The van der Waals surface area contributed by atoms with E-state index in [2.05, 4.69) is 22.2 Å². The van der Waals surface area contributed by atoms with Crippen molar-refractivity contribution >= 4 is 23.3 Å². The minimum absolute atomic E-state index is 0.0519. The number of hydrogen-bond donors (Lipinski definition) is 1. The summed E-state index contributed by atoms with van der Waals surface area (Å²) >= 11 is 6.04. The average Bonchev–Trinajstić information content (AvgIpc) is 2.68. The third-order valence-electron chi connectivity index (χ3n) is 4.78. The summed E-state index contributed by atoms with van der Waals surface area (Å²) in [5.41, 5.74) is 0.409. The molecule has 1 atom stereocenters. The molecular weight excluding hydrogens is 364 g/mol. The summed E-state index contributed by atoms with van der Waals surface area (Å²) in [5, 5.41) is 8.09. The third-order valence-corrected chi connectivity index (χ3v) is 5.02. The zero-order chi connectivity index (χ0) is 19.2. The Morgan fingerprint density at radius 2 is 2.19 bits per heavy atom. The number of nitrogens with zero attached hydrogens (tertiary/aromatic N) is 3. The van der Waals surface area contributed by atoms with E-state index in [-0.39, 0.29) is 17.4 Å². The van der Waals surface area contributed by atoms with Gasteiger partial charge in [0.2, 0.25) is 5.91 Å². The zero-order valence-corrected chi connectivity index (χ0v) is 16.3. The number of rotatable bonds is 6. The molecule has 144 valence electrons. The lowest BCUT2D eigenvalue weighted by atomic mass is 9.97. The van der Waals surface area contributed by atoms with Gasteiger partial charge in [-0.1, -0.05) is 31.0 Å². The molecule has 0 saturated carbocycles. The number of aromatic nitrogens is 2. The van der Waals surface area contributed by atoms with Gasteiger partial charge >= 0.3 is 0 Å². The van der Waals surface area contributed by atoms with Crippen LogP contribution in [-0.2, 0) is 4.79 Å². The quantitative estimate of drug-likeness (QED) is 0.772. The summed E-state index contributed by atoms with van der Waals surface area (Å²) in [4.78, 5) is 26.7. The highest BCUT2D eigenvalue weighted by molar-refractivity contribution is 6.30. The molecule has 0 unspecified atom stereocenters. The Hall–Kier alpha value is -2.34. The lowest BCUT2D eigenvalue weighted by Crippen LogP contribution is -2.44.